The molecule has 0 bridgehead atoms. The summed E-state index contributed by atoms with van der Waals surface area (Å²) in [5.74, 6) is -0.0974. The molecular weight excluding hydrogens is 349 g/mol. The van der Waals surface area contributed by atoms with Crippen molar-refractivity contribution in [2.24, 2.45) is 0 Å². The second kappa shape index (κ2) is 8.05. The standard InChI is InChI=1S/C19H17F3O4/c1-25-16-9-13(11-23)10-17(26-2)18(16)15(24)7-6-12-4-3-5-14(8-12)19(20,21)22/h3-10,23H,11H2,1-2H3. The molecule has 138 valence electrons. The van der Waals surface area contributed by atoms with Crippen LogP contribution in [0.3, 0.4) is 0 Å². The van der Waals surface area contributed by atoms with Crippen LogP contribution in [-0.2, 0) is 12.8 Å². The Morgan fingerprint density at radius 1 is 1.12 bits per heavy atom. The van der Waals surface area contributed by atoms with Gasteiger partial charge in [0.2, 0.25) is 0 Å². The lowest BCUT2D eigenvalue weighted by atomic mass is 10.0. The van der Waals surface area contributed by atoms with Crippen LogP contribution in [0.4, 0.5) is 13.2 Å². The Morgan fingerprint density at radius 2 is 1.73 bits per heavy atom. The van der Waals surface area contributed by atoms with Crippen molar-refractivity contribution in [1.29, 1.82) is 0 Å². The highest BCUT2D eigenvalue weighted by Crippen LogP contribution is 2.32. The van der Waals surface area contributed by atoms with Crippen molar-refractivity contribution in [2.45, 2.75) is 12.8 Å². The summed E-state index contributed by atoms with van der Waals surface area (Å²) in [5.41, 5.74) is 0.0557. The Hall–Kier alpha value is -2.80. The first-order valence-corrected chi connectivity index (χ1v) is 7.55. The number of carbonyl (C=O) groups is 1. The Balaban J connectivity index is 2.37. The lowest BCUT2D eigenvalue weighted by molar-refractivity contribution is -0.137. The highest BCUT2D eigenvalue weighted by Gasteiger charge is 2.30. The quantitative estimate of drug-likeness (QED) is 0.617. The number of carbonyl (C=O) groups excluding carboxylic acids is 1. The minimum Gasteiger partial charge on any atom is -0.496 e. The first-order chi connectivity index (χ1) is 12.3. The molecule has 0 atom stereocenters. The van der Waals surface area contributed by atoms with E-state index in [4.69, 9.17) is 9.47 Å². The van der Waals surface area contributed by atoms with Crippen molar-refractivity contribution < 1.29 is 32.5 Å². The first-order valence-electron chi connectivity index (χ1n) is 7.55. The number of rotatable bonds is 6. The maximum atomic E-state index is 12.8. The van der Waals surface area contributed by atoms with Crippen LogP contribution in [0.5, 0.6) is 11.5 Å². The predicted molar refractivity (Wildman–Crippen MR) is 90.3 cm³/mol. The molecule has 1 N–H and O–H groups in total. The minimum atomic E-state index is -4.46. The van der Waals surface area contributed by atoms with Gasteiger partial charge in [0.1, 0.15) is 17.1 Å². The van der Waals surface area contributed by atoms with Gasteiger partial charge in [-0.2, -0.15) is 13.2 Å². The van der Waals surface area contributed by atoms with Crippen molar-refractivity contribution in [3.8, 4) is 11.5 Å². The van der Waals surface area contributed by atoms with Gasteiger partial charge in [0, 0.05) is 0 Å². The van der Waals surface area contributed by atoms with Gasteiger partial charge in [-0.1, -0.05) is 18.2 Å². The maximum absolute atomic E-state index is 12.8. The van der Waals surface area contributed by atoms with Crippen LogP contribution in [-0.4, -0.2) is 25.1 Å². The van der Waals surface area contributed by atoms with Gasteiger partial charge in [-0.05, 0) is 41.5 Å². The molecule has 0 saturated carbocycles. The minimum absolute atomic E-state index is 0.121. The Kier molecular flexibility index (Phi) is 6.05. The zero-order valence-electron chi connectivity index (χ0n) is 14.1. The second-order valence-corrected chi connectivity index (χ2v) is 5.35. The Labute approximate surface area is 148 Å². The molecule has 2 aromatic carbocycles. The van der Waals surface area contributed by atoms with Gasteiger partial charge in [-0.15, -0.1) is 0 Å². The third-order valence-electron chi connectivity index (χ3n) is 3.64. The van der Waals surface area contributed by atoms with Crippen molar-refractivity contribution in [3.63, 3.8) is 0 Å². The summed E-state index contributed by atoms with van der Waals surface area (Å²) in [5, 5.41) is 9.25. The van der Waals surface area contributed by atoms with Crippen LogP contribution in [0.2, 0.25) is 0 Å². The first kappa shape index (κ1) is 19.5. The number of hydrogen-bond acceptors (Lipinski definition) is 4. The van der Waals surface area contributed by atoms with Gasteiger partial charge >= 0.3 is 6.18 Å². The lowest BCUT2D eigenvalue weighted by Crippen LogP contribution is -2.05. The molecule has 2 aromatic rings. The zero-order chi connectivity index (χ0) is 19.3. The number of ether oxygens (including phenoxy) is 2. The van der Waals surface area contributed by atoms with E-state index in [1.807, 2.05) is 0 Å². The number of halogens is 3. The van der Waals surface area contributed by atoms with Gasteiger partial charge in [0.15, 0.2) is 5.78 Å². The van der Waals surface area contributed by atoms with Gasteiger partial charge in [-0.3, -0.25) is 4.79 Å². The van der Waals surface area contributed by atoms with Crippen LogP contribution in [0, 0.1) is 0 Å². The molecule has 0 spiro atoms. The van der Waals surface area contributed by atoms with Crippen molar-refractivity contribution >= 4 is 11.9 Å². The molecule has 0 unspecified atom stereocenters. The number of aliphatic hydroxyl groups is 1. The number of benzene rings is 2. The van der Waals surface area contributed by atoms with Crippen LogP contribution in [0.1, 0.15) is 27.0 Å². The van der Waals surface area contributed by atoms with Crippen molar-refractivity contribution in [1.82, 2.24) is 0 Å². The number of allylic oxidation sites excluding steroid dienone is 1. The molecule has 2 rings (SSSR count). The van der Waals surface area contributed by atoms with E-state index < -0.39 is 17.5 Å². The smallest absolute Gasteiger partial charge is 0.416 e. The van der Waals surface area contributed by atoms with E-state index in [0.717, 1.165) is 18.2 Å². The van der Waals surface area contributed by atoms with Crippen molar-refractivity contribution in [3.05, 3.63) is 64.7 Å². The highest BCUT2D eigenvalue weighted by molar-refractivity contribution is 6.10. The summed E-state index contributed by atoms with van der Waals surface area (Å²) in [6, 6.07) is 7.63. The molecule has 0 saturated heterocycles. The fourth-order valence-corrected chi connectivity index (χ4v) is 2.37. The van der Waals surface area contributed by atoms with Gasteiger partial charge in [-0.25, -0.2) is 0 Å². The number of aliphatic hydroxyl groups excluding tert-OH is 1. The molecule has 0 heterocycles. The number of hydrogen-bond donors (Lipinski definition) is 1. The van der Waals surface area contributed by atoms with E-state index >= 15 is 0 Å². The van der Waals surface area contributed by atoms with E-state index in [9.17, 15) is 23.1 Å². The monoisotopic (exact) mass is 366 g/mol. The zero-order valence-corrected chi connectivity index (χ0v) is 14.1. The van der Waals surface area contributed by atoms with Crippen LogP contribution in [0.25, 0.3) is 6.08 Å². The molecule has 7 heteroatoms. The van der Waals surface area contributed by atoms with Crippen LogP contribution in [0.15, 0.2) is 42.5 Å². The summed E-state index contributed by atoms with van der Waals surface area (Å²) in [7, 11) is 2.73. The lowest BCUT2D eigenvalue weighted by Gasteiger charge is -2.13. The van der Waals surface area contributed by atoms with Gasteiger partial charge < -0.3 is 14.6 Å². The molecule has 0 aliphatic rings. The van der Waals surface area contributed by atoms with E-state index in [1.54, 1.807) is 0 Å². The van der Waals surface area contributed by atoms with Crippen LogP contribution < -0.4 is 9.47 Å². The molecule has 0 radical (unpaired) electrons. The number of ketones is 1. The second-order valence-electron chi connectivity index (χ2n) is 5.35. The molecule has 0 aliphatic carbocycles. The number of alkyl halides is 3. The fourth-order valence-electron chi connectivity index (χ4n) is 2.37. The topological polar surface area (TPSA) is 55.8 Å². The SMILES string of the molecule is COc1cc(CO)cc(OC)c1C(=O)C=Cc1cccc(C(F)(F)F)c1. The summed E-state index contributed by atoms with van der Waals surface area (Å²) in [4.78, 5) is 12.5. The number of methoxy groups -OCH3 is 2. The molecule has 0 aromatic heterocycles. The highest BCUT2D eigenvalue weighted by atomic mass is 19.4. The summed E-state index contributed by atoms with van der Waals surface area (Å²) < 4.78 is 48.6. The van der Waals surface area contributed by atoms with E-state index in [1.165, 1.54) is 44.6 Å². The largest absolute Gasteiger partial charge is 0.496 e. The Bertz CT molecular complexity index is 801. The molecule has 0 aliphatic heterocycles. The summed E-state index contributed by atoms with van der Waals surface area (Å²) in [6.07, 6.45) is -2.02. The average molecular weight is 366 g/mol. The normalized spacial score (nSPS) is 11.6. The van der Waals surface area contributed by atoms with Gasteiger partial charge in [0.05, 0.1) is 26.4 Å². The predicted octanol–water partition coefficient (Wildman–Crippen LogP) is 4.11. The van der Waals surface area contributed by atoms with Crippen molar-refractivity contribution in [2.75, 3.05) is 14.2 Å². The van der Waals surface area contributed by atoms with E-state index in [0.29, 0.717) is 5.56 Å². The third kappa shape index (κ3) is 4.43. The maximum Gasteiger partial charge on any atom is 0.416 e. The molecule has 0 fully saturated rings. The van der Waals surface area contributed by atoms with E-state index in [2.05, 4.69) is 0 Å². The van der Waals surface area contributed by atoms with Crippen LogP contribution >= 0.6 is 0 Å². The fraction of sp³-hybridized carbons (Fsp3) is 0.211. The molecule has 0 amide bonds. The van der Waals surface area contributed by atoms with E-state index in [-0.39, 0.29) is 29.2 Å². The molecular formula is C19H17F3O4. The third-order valence-corrected chi connectivity index (χ3v) is 3.64. The summed E-state index contributed by atoms with van der Waals surface area (Å²) >= 11 is 0. The summed E-state index contributed by atoms with van der Waals surface area (Å²) in [6.45, 7) is -0.263. The molecule has 4 nitrogen and oxygen atoms in total. The Morgan fingerprint density at radius 3 is 2.23 bits per heavy atom. The van der Waals surface area contributed by atoms with Gasteiger partial charge in [0.25, 0.3) is 0 Å². The molecule has 26 heavy (non-hydrogen) atoms. The average Bonchev–Trinajstić information content (AvgIpc) is 2.64.